The summed E-state index contributed by atoms with van der Waals surface area (Å²) in [5.41, 5.74) is 0.587. The van der Waals surface area contributed by atoms with Crippen molar-refractivity contribution in [2.45, 2.75) is 0 Å². The molecule has 3 rings (SSSR count). The molecule has 1 atom stereocenters. The van der Waals surface area contributed by atoms with Crippen molar-refractivity contribution in [1.82, 2.24) is 4.67 Å². The average Bonchev–Trinajstić information content (AvgIpc) is 2.52. The molecule has 6 heteroatoms. The van der Waals surface area contributed by atoms with E-state index in [0.717, 1.165) is 5.30 Å². The summed E-state index contributed by atoms with van der Waals surface area (Å²) >= 11 is 9.05. The van der Waals surface area contributed by atoms with Gasteiger partial charge in [0.05, 0.1) is 0 Å². The number of carbonyl (C=O) groups is 1. The standard InChI is InChI=1S/C15H13ClNO2PSe/c16-10-11-17-15(18)13-8-4-5-9-14(13)19-20(17,21)12-6-2-1-3-7-12/h1-9H,10-11H2/t20-/m0/s1. The summed E-state index contributed by atoms with van der Waals surface area (Å²) in [6.07, 6.45) is 0. The summed E-state index contributed by atoms with van der Waals surface area (Å²) in [6, 6.07) is 17.1. The fourth-order valence-corrected chi connectivity index (χ4v) is 6.99. The Bertz CT molecular complexity index is 723. The van der Waals surface area contributed by atoms with Gasteiger partial charge in [-0.2, -0.15) is 0 Å². The van der Waals surface area contributed by atoms with E-state index < -0.39 is 5.89 Å². The van der Waals surface area contributed by atoms with E-state index in [1.165, 1.54) is 0 Å². The molecule has 0 N–H and O–H groups in total. The molecular weight excluding hydrogens is 372 g/mol. The van der Waals surface area contributed by atoms with E-state index in [9.17, 15) is 4.79 Å². The number of benzene rings is 2. The van der Waals surface area contributed by atoms with E-state index in [-0.39, 0.29) is 5.91 Å². The van der Waals surface area contributed by atoms with Gasteiger partial charge >= 0.3 is 136 Å². The third kappa shape index (κ3) is 2.58. The van der Waals surface area contributed by atoms with Crippen molar-refractivity contribution in [3.05, 3.63) is 60.2 Å². The van der Waals surface area contributed by atoms with Crippen molar-refractivity contribution in [1.29, 1.82) is 0 Å². The fourth-order valence-electron chi connectivity index (χ4n) is 2.29. The number of fused-ring (bicyclic) bond motifs is 1. The van der Waals surface area contributed by atoms with E-state index in [2.05, 4.69) is 15.1 Å². The predicted octanol–water partition coefficient (Wildman–Crippen LogP) is 3.02. The summed E-state index contributed by atoms with van der Waals surface area (Å²) in [7, 11) is 0. The van der Waals surface area contributed by atoms with Gasteiger partial charge in [-0.25, -0.2) is 0 Å². The van der Waals surface area contributed by atoms with E-state index in [1.807, 2.05) is 48.5 Å². The van der Waals surface area contributed by atoms with Crippen LogP contribution in [-0.2, 0) is 0 Å². The van der Waals surface area contributed by atoms with E-state index in [0.29, 0.717) is 23.7 Å². The second-order valence-corrected chi connectivity index (χ2v) is 10.3. The molecule has 0 bridgehead atoms. The monoisotopic (exact) mass is 385 g/mol. The molecule has 0 fully saturated rings. The molecule has 0 saturated heterocycles. The van der Waals surface area contributed by atoms with Crippen molar-refractivity contribution in [2.75, 3.05) is 12.4 Å². The maximum absolute atomic E-state index is 12.8. The summed E-state index contributed by atoms with van der Waals surface area (Å²) in [5.74, 6) is -1.39. The molecule has 0 spiro atoms. The van der Waals surface area contributed by atoms with Crippen LogP contribution in [0.3, 0.4) is 0 Å². The Morgan fingerprint density at radius 3 is 2.48 bits per heavy atom. The van der Waals surface area contributed by atoms with Crippen LogP contribution in [-0.4, -0.2) is 38.1 Å². The zero-order valence-corrected chi connectivity index (χ0v) is 14.5. The third-order valence-electron chi connectivity index (χ3n) is 3.27. The van der Waals surface area contributed by atoms with Gasteiger partial charge in [-0.1, -0.05) is 0 Å². The molecule has 0 saturated carbocycles. The van der Waals surface area contributed by atoms with Crippen LogP contribution in [0.4, 0.5) is 0 Å². The minimum absolute atomic E-state index is 0.0339. The minimum atomic E-state index is -2.36. The molecule has 2 aromatic rings. The molecule has 108 valence electrons. The first-order valence-electron chi connectivity index (χ1n) is 6.49. The van der Waals surface area contributed by atoms with Gasteiger partial charge in [-0.05, 0) is 0 Å². The Morgan fingerprint density at radius 1 is 1.10 bits per heavy atom. The number of nitrogens with zero attached hydrogens (tertiary/aromatic N) is 1. The number of hydrogen-bond donors (Lipinski definition) is 0. The van der Waals surface area contributed by atoms with Crippen molar-refractivity contribution < 1.29 is 9.32 Å². The molecular formula is C15H13ClNO2PSe. The number of carbonyl (C=O) groups excluding carboxylic acids is 1. The molecule has 21 heavy (non-hydrogen) atoms. The van der Waals surface area contributed by atoms with E-state index in [1.54, 1.807) is 10.7 Å². The number of halogens is 1. The van der Waals surface area contributed by atoms with Crippen molar-refractivity contribution in [2.24, 2.45) is 0 Å². The van der Waals surface area contributed by atoms with Crippen LogP contribution in [0.1, 0.15) is 10.4 Å². The molecule has 3 nitrogen and oxygen atoms in total. The molecule has 0 aromatic heterocycles. The van der Waals surface area contributed by atoms with E-state index >= 15 is 0 Å². The Morgan fingerprint density at radius 2 is 1.76 bits per heavy atom. The molecule has 2 aromatic carbocycles. The van der Waals surface area contributed by atoms with Crippen LogP contribution in [0.15, 0.2) is 54.6 Å². The molecule has 0 radical (unpaired) electrons. The first-order chi connectivity index (χ1) is 10.2. The first kappa shape index (κ1) is 14.9. The summed E-state index contributed by atoms with van der Waals surface area (Å²) < 4.78 is 7.99. The number of hydrogen-bond acceptors (Lipinski definition) is 2. The summed E-state index contributed by atoms with van der Waals surface area (Å²) in [6.45, 7) is 0.449. The Hall–Kier alpha value is -1.05. The third-order valence-corrected chi connectivity index (χ3v) is 8.89. The van der Waals surface area contributed by atoms with Crippen LogP contribution in [0.5, 0.6) is 5.75 Å². The van der Waals surface area contributed by atoms with Gasteiger partial charge in [0.2, 0.25) is 0 Å². The number of amides is 1. The predicted molar refractivity (Wildman–Crippen MR) is 87.6 cm³/mol. The fraction of sp³-hybridized carbons (Fsp3) is 0.133. The summed E-state index contributed by atoms with van der Waals surface area (Å²) in [4.78, 5) is 12.8. The SMILES string of the molecule is O=C1c2ccccc2O[P@](=[Se])(c2ccccc2)N1CCCl. The Kier molecular flexibility index (Phi) is 4.23. The van der Waals surface area contributed by atoms with Gasteiger partial charge in [0.25, 0.3) is 0 Å². The van der Waals surface area contributed by atoms with Crippen LogP contribution < -0.4 is 9.83 Å². The Balaban J connectivity index is 2.16. The van der Waals surface area contributed by atoms with Crippen molar-refractivity contribution >= 4 is 43.8 Å². The van der Waals surface area contributed by atoms with Crippen LogP contribution in [0, 0.1) is 0 Å². The molecule has 0 aliphatic carbocycles. The average molecular weight is 385 g/mol. The van der Waals surface area contributed by atoms with Crippen LogP contribution >= 0.6 is 17.5 Å². The molecule has 1 heterocycles. The van der Waals surface area contributed by atoms with Crippen LogP contribution in [0.25, 0.3) is 0 Å². The first-order valence-corrected chi connectivity index (χ1v) is 10.9. The Labute approximate surface area is 136 Å². The van der Waals surface area contributed by atoms with Gasteiger partial charge in [-0.3, -0.25) is 0 Å². The number of rotatable bonds is 3. The van der Waals surface area contributed by atoms with Crippen molar-refractivity contribution in [3.63, 3.8) is 0 Å². The number of para-hydroxylation sites is 1. The van der Waals surface area contributed by atoms with Gasteiger partial charge in [0.1, 0.15) is 0 Å². The molecule has 1 amide bonds. The van der Waals surface area contributed by atoms with E-state index in [4.69, 9.17) is 16.1 Å². The second-order valence-electron chi connectivity index (χ2n) is 4.56. The van der Waals surface area contributed by atoms with Crippen molar-refractivity contribution in [3.8, 4) is 5.75 Å². The topological polar surface area (TPSA) is 29.5 Å². The van der Waals surface area contributed by atoms with Gasteiger partial charge < -0.3 is 0 Å². The zero-order chi connectivity index (χ0) is 14.9. The molecule has 1 aliphatic rings. The quantitative estimate of drug-likeness (QED) is 0.462. The normalized spacial score (nSPS) is 20.8. The zero-order valence-electron chi connectivity index (χ0n) is 11.1. The van der Waals surface area contributed by atoms with Crippen LogP contribution in [0.2, 0.25) is 0 Å². The summed E-state index contributed by atoms with van der Waals surface area (Å²) in [5, 5.41) is 0.984. The maximum atomic E-state index is 12.8. The molecule has 0 unspecified atom stereocenters. The van der Waals surface area contributed by atoms with Gasteiger partial charge in [0.15, 0.2) is 0 Å². The second kappa shape index (κ2) is 5.98. The number of alkyl halides is 1. The van der Waals surface area contributed by atoms with Gasteiger partial charge in [-0.15, -0.1) is 0 Å². The molecule has 1 aliphatic heterocycles. The van der Waals surface area contributed by atoms with Gasteiger partial charge in [0, 0.05) is 0 Å².